The van der Waals surface area contributed by atoms with E-state index in [0.717, 1.165) is 5.56 Å². The molecule has 0 spiro atoms. The van der Waals surface area contributed by atoms with Crippen molar-refractivity contribution < 1.29 is 9.53 Å². The first-order chi connectivity index (χ1) is 8.79. The number of aromatic nitrogens is 2. The van der Waals surface area contributed by atoms with Crippen molar-refractivity contribution in [1.29, 1.82) is 0 Å². The molecule has 1 heterocycles. The number of halogens is 1. The topological polar surface area (TPSA) is 76.1 Å². The van der Waals surface area contributed by atoms with Gasteiger partial charge in [0.1, 0.15) is 22.9 Å². The SMILES string of the molecule is Cc1c(Cl)ncnc1NCCNC(=O)OC(C)(C)C. The standard InChI is InChI=1S/C12H19ClN4O2/c1-8-9(13)16-7-17-10(8)14-5-6-15-11(18)19-12(2,3)4/h7H,5-6H2,1-4H3,(H,15,18)(H,14,16,17). The minimum absolute atomic E-state index is 0.414. The van der Waals surface area contributed by atoms with Crippen LogP contribution < -0.4 is 10.6 Å². The summed E-state index contributed by atoms with van der Waals surface area (Å²) in [6.07, 6.45) is 0.950. The summed E-state index contributed by atoms with van der Waals surface area (Å²) in [5, 5.41) is 6.12. The predicted molar refractivity (Wildman–Crippen MR) is 74.5 cm³/mol. The molecule has 0 fully saturated rings. The fraction of sp³-hybridized carbons (Fsp3) is 0.583. The van der Waals surface area contributed by atoms with Crippen molar-refractivity contribution in [3.63, 3.8) is 0 Å². The summed E-state index contributed by atoms with van der Waals surface area (Å²) >= 11 is 5.87. The number of carbonyl (C=O) groups is 1. The van der Waals surface area contributed by atoms with E-state index >= 15 is 0 Å². The minimum atomic E-state index is -0.492. The van der Waals surface area contributed by atoms with Gasteiger partial charge in [0.2, 0.25) is 0 Å². The molecule has 19 heavy (non-hydrogen) atoms. The lowest BCUT2D eigenvalue weighted by Gasteiger charge is -2.19. The zero-order chi connectivity index (χ0) is 14.5. The molecule has 0 aromatic carbocycles. The number of nitrogens with zero attached hydrogens (tertiary/aromatic N) is 2. The van der Waals surface area contributed by atoms with Crippen LogP contribution in [0.4, 0.5) is 10.6 Å². The molecular weight excluding hydrogens is 268 g/mol. The van der Waals surface area contributed by atoms with Crippen LogP contribution in [0.15, 0.2) is 6.33 Å². The molecule has 0 unspecified atom stereocenters. The molecule has 7 heteroatoms. The molecule has 1 aromatic heterocycles. The Morgan fingerprint density at radius 1 is 1.37 bits per heavy atom. The second-order valence-corrected chi connectivity index (χ2v) is 5.35. The number of amides is 1. The summed E-state index contributed by atoms with van der Waals surface area (Å²) < 4.78 is 5.11. The molecule has 0 radical (unpaired) electrons. The highest BCUT2D eigenvalue weighted by Crippen LogP contribution is 2.17. The Morgan fingerprint density at radius 2 is 2.05 bits per heavy atom. The molecule has 0 saturated carbocycles. The third kappa shape index (κ3) is 5.74. The molecule has 0 aliphatic rings. The number of ether oxygens (including phenoxy) is 1. The van der Waals surface area contributed by atoms with Crippen molar-refractivity contribution in [2.75, 3.05) is 18.4 Å². The summed E-state index contributed by atoms with van der Waals surface area (Å²) in [7, 11) is 0. The summed E-state index contributed by atoms with van der Waals surface area (Å²) in [6.45, 7) is 8.22. The van der Waals surface area contributed by atoms with Gasteiger partial charge in [-0.2, -0.15) is 0 Å². The Kier molecular flexibility index (Phi) is 5.35. The highest BCUT2D eigenvalue weighted by Gasteiger charge is 2.15. The third-order valence-electron chi connectivity index (χ3n) is 2.11. The van der Waals surface area contributed by atoms with E-state index in [2.05, 4.69) is 20.6 Å². The molecule has 0 aliphatic heterocycles. The van der Waals surface area contributed by atoms with E-state index in [1.54, 1.807) is 0 Å². The van der Waals surface area contributed by atoms with Gasteiger partial charge in [0.15, 0.2) is 0 Å². The first-order valence-corrected chi connectivity index (χ1v) is 6.35. The number of alkyl carbamates (subject to hydrolysis) is 1. The summed E-state index contributed by atoms with van der Waals surface area (Å²) in [4.78, 5) is 19.3. The lowest BCUT2D eigenvalue weighted by molar-refractivity contribution is 0.0530. The number of hydrogen-bond acceptors (Lipinski definition) is 5. The molecule has 106 valence electrons. The number of carbonyl (C=O) groups excluding carboxylic acids is 1. The molecule has 1 rings (SSSR count). The Hall–Kier alpha value is -1.56. The van der Waals surface area contributed by atoms with Gasteiger partial charge in [0, 0.05) is 18.7 Å². The highest BCUT2D eigenvalue weighted by atomic mass is 35.5. The van der Waals surface area contributed by atoms with Crippen molar-refractivity contribution in [2.24, 2.45) is 0 Å². The van der Waals surface area contributed by atoms with E-state index in [1.807, 2.05) is 27.7 Å². The Morgan fingerprint density at radius 3 is 2.68 bits per heavy atom. The van der Waals surface area contributed by atoms with Crippen molar-refractivity contribution in [1.82, 2.24) is 15.3 Å². The molecule has 0 saturated heterocycles. The lowest BCUT2D eigenvalue weighted by atomic mass is 10.2. The van der Waals surface area contributed by atoms with Gasteiger partial charge in [-0.3, -0.25) is 0 Å². The fourth-order valence-corrected chi connectivity index (χ4v) is 1.40. The van der Waals surface area contributed by atoms with Gasteiger partial charge >= 0.3 is 6.09 Å². The van der Waals surface area contributed by atoms with E-state index in [1.165, 1.54) is 6.33 Å². The summed E-state index contributed by atoms with van der Waals surface area (Å²) in [5.41, 5.74) is 0.287. The monoisotopic (exact) mass is 286 g/mol. The van der Waals surface area contributed by atoms with Crippen LogP contribution in [0.3, 0.4) is 0 Å². The third-order valence-corrected chi connectivity index (χ3v) is 2.49. The molecule has 0 atom stereocenters. The van der Waals surface area contributed by atoms with Crippen LogP contribution in [0.25, 0.3) is 0 Å². The van der Waals surface area contributed by atoms with Gasteiger partial charge in [0.25, 0.3) is 0 Å². The molecule has 0 aliphatic carbocycles. The fourth-order valence-electron chi connectivity index (χ4n) is 1.27. The van der Waals surface area contributed by atoms with E-state index in [9.17, 15) is 4.79 Å². The van der Waals surface area contributed by atoms with Crippen LogP contribution in [-0.4, -0.2) is 34.8 Å². The highest BCUT2D eigenvalue weighted by molar-refractivity contribution is 6.30. The Balaban J connectivity index is 2.32. The van der Waals surface area contributed by atoms with E-state index in [-0.39, 0.29) is 0 Å². The zero-order valence-corrected chi connectivity index (χ0v) is 12.3. The number of hydrogen-bond donors (Lipinski definition) is 2. The second-order valence-electron chi connectivity index (χ2n) is 4.99. The van der Waals surface area contributed by atoms with Gasteiger partial charge < -0.3 is 15.4 Å². The number of rotatable bonds is 4. The number of nitrogens with one attached hydrogen (secondary N) is 2. The maximum Gasteiger partial charge on any atom is 0.407 e. The normalized spacial score (nSPS) is 11.0. The van der Waals surface area contributed by atoms with Crippen LogP contribution in [0.5, 0.6) is 0 Å². The first-order valence-electron chi connectivity index (χ1n) is 5.97. The van der Waals surface area contributed by atoms with Crippen molar-refractivity contribution in [3.05, 3.63) is 17.0 Å². The van der Waals surface area contributed by atoms with Crippen LogP contribution >= 0.6 is 11.6 Å². The molecule has 0 bridgehead atoms. The first kappa shape index (κ1) is 15.5. The van der Waals surface area contributed by atoms with Crippen molar-refractivity contribution in [3.8, 4) is 0 Å². The Labute approximate surface area is 117 Å². The minimum Gasteiger partial charge on any atom is -0.444 e. The van der Waals surface area contributed by atoms with Gasteiger partial charge in [-0.1, -0.05) is 11.6 Å². The van der Waals surface area contributed by atoms with Crippen LogP contribution in [-0.2, 0) is 4.74 Å². The van der Waals surface area contributed by atoms with Gasteiger partial charge in [-0.05, 0) is 27.7 Å². The molecular formula is C12H19ClN4O2. The van der Waals surface area contributed by atoms with E-state index in [0.29, 0.717) is 24.1 Å². The van der Waals surface area contributed by atoms with Gasteiger partial charge in [0.05, 0.1) is 0 Å². The lowest BCUT2D eigenvalue weighted by Crippen LogP contribution is -2.35. The summed E-state index contributed by atoms with van der Waals surface area (Å²) in [6, 6.07) is 0. The number of anilines is 1. The van der Waals surface area contributed by atoms with Gasteiger partial charge in [-0.15, -0.1) is 0 Å². The largest absolute Gasteiger partial charge is 0.444 e. The van der Waals surface area contributed by atoms with Crippen LogP contribution in [0.2, 0.25) is 5.15 Å². The molecule has 6 nitrogen and oxygen atoms in total. The summed E-state index contributed by atoms with van der Waals surface area (Å²) in [5.74, 6) is 0.658. The van der Waals surface area contributed by atoms with Crippen LogP contribution in [0.1, 0.15) is 26.3 Å². The van der Waals surface area contributed by atoms with Crippen molar-refractivity contribution >= 4 is 23.5 Å². The van der Waals surface area contributed by atoms with E-state index < -0.39 is 11.7 Å². The maximum absolute atomic E-state index is 11.4. The quantitative estimate of drug-likeness (QED) is 0.656. The molecule has 1 aromatic rings. The Bertz CT molecular complexity index is 446. The average molecular weight is 287 g/mol. The average Bonchev–Trinajstić information content (AvgIpc) is 2.27. The predicted octanol–water partition coefficient (Wildman–Crippen LogP) is 2.38. The second kappa shape index (κ2) is 6.56. The van der Waals surface area contributed by atoms with Gasteiger partial charge in [-0.25, -0.2) is 14.8 Å². The van der Waals surface area contributed by atoms with Crippen molar-refractivity contribution in [2.45, 2.75) is 33.3 Å². The molecule has 1 amide bonds. The van der Waals surface area contributed by atoms with E-state index in [4.69, 9.17) is 16.3 Å². The van der Waals surface area contributed by atoms with Crippen LogP contribution in [0, 0.1) is 6.92 Å². The zero-order valence-electron chi connectivity index (χ0n) is 11.6. The molecule has 2 N–H and O–H groups in total. The smallest absolute Gasteiger partial charge is 0.407 e. The maximum atomic E-state index is 11.4.